The Balaban J connectivity index is 1.79. The minimum Gasteiger partial charge on any atom is -0.361 e. The zero-order chi connectivity index (χ0) is 14.1. The number of carbonyl (C=O) groups excluding carboxylic acids is 1. The molecule has 0 bridgehead atoms. The van der Waals surface area contributed by atoms with Crippen molar-refractivity contribution in [1.29, 1.82) is 0 Å². The van der Waals surface area contributed by atoms with E-state index in [0.717, 1.165) is 16.5 Å². The van der Waals surface area contributed by atoms with Crippen molar-refractivity contribution in [3.8, 4) is 0 Å². The molecule has 0 aliphatic carbocycles. The first-order valence-electron chi connectivity index (χ1n) is 6.16. The molecule has 20 heavy (non-hydrogen) atoms. The molecule has 5 nitrogen and oxygen atoms in total. The van der Waals surface area contributed by atoms with Gasteiger partial charge in [-0.2, -0.15) is 5.10 Å². The molecule has 2 aromatic heterocycles. The number of H-pyrrole nitrogens is 1. The van der Waals surface area contributed by atoms with Gasteiger partial charge in [-0.3, -0.25) is 9.48 Å². The highest BCUT2D eigenvalue weighted by Gasteiger charge is 2.10. The van der Waals surface area contributed by atoms with Crippen molar-refractivity contribution >= 4 is 22.5 Å². The standard InChI is InChI=1S/C14H13FN4O/c1-19-8-11(7-17-19)18-14(20)4-9-6-16-13-3-2-10(15)5-12(9)13/h2-3,5-8,16H,4H2,1H3,(H,18,20). The first-order valence-corrected chi connectivity index (χ1v) is 6.16. The van der Waals surface area contributed by atoms with Crippen molar-refractivity contribution in [2.24, 2.45) is 7.05 Å². The van der Waals surface area contributed by atoms with E-state index in [4.69, 9.17) is 0 Å². The van der Waals surface area contributed by atoms with Crippen molar-refractivity contribution in [2.45, 2.75) is 6.42 Å². The molecule has 0 fully saturated rings. The zero-order valence-corrected chi connectivity index (χ0v) is 10.9. The van der Waals surface area contributed by atoms with Crippen molar-refractivity contribution in [2.75, 3.05) is 5.32 Å². The maximum atomic E-state index is 13.3. The Morgan fingerprint density at radius 1 is 1.50 bits per heavy atom. The predicted octanol–water partition coefficient (Wildman–Crippen LogP) is 2.22. The van der Waals surface area contributed by atoms with Crippen LogP contribution in [0.1, 0.15) is 5.56 Å². The normalized spacial score (nSPS) is 10.9. The number of carbonyl (C=O) groups is 1. The van der Waals surface area contributed by atoms with Gasteiger partial charge in [0.15, 0.2) is 0 Å². The van der Waals surface area contributed by atoms with Gasteiger partial charge in [0, 0.05) is 30.3 Å². The third kappa shape index (κ3) is 2.40. The second kappa shape index (κ2) is 4.80. The van der Waals surface area contributed by atoms with Crippen molar-refractivity contribution in [3.63, 3.8) is 0 Å². The second-order valence-electron chi connectivity index (χ2n) is 4.63. The number of aromatic nitrogens is 3. The van der Waals surface area contributed by atoms with Gasteiger partial charge in [-0.25, -0.2) is 4.39 Å². The predicted molar refractivity (Wildman–Crippen MR) is 73.8 cm³/mol. The highest BCUT2D eigenvalue weighted by Crippen LogP contribution is 2.20. The van der Waals surface area contributed by atoms with Crippen molar-refractivity contribution < 1.29 is 9.18 Å². The molecular weight excluding hydrogens is 259 g/mol. The molecule has 0 aliphatic heterocycles. The van der Waals surface area contributed by atoms with Crippen LogP contribution in [0.5, 0.6) is 0 Å². The zero-order valence-electron chi connectivity index (χ0n) is 10.9. The Kier molecular flexibility index (Phi) is 2.98. The summed E-state index contributed by atoms with van der Waals surface area (Å²) in [6.45, 7) is 0. The van der Waals surface area contributed by atoms with Gasteiger partial charge in [0.25, 0.3) is 0 Å². The molecular formula is C14H13FN4O. The SMILES string of the molecule is Cn1cc(NC(=O)Cc2c[nH]c3ccc(F)cc23)cn1. The summed E-state index contributed by atoms with van der Waals surface area (Å²) in [6, 6.07) is 4.48. The van der Waals surface area contributed by atoms with Gasteiger partial charge in [-0.1, -0.05) is 0 Å². The minimum atomic E-state index is -0.314. The van der Waals surface area contributed by atoms with Crippen LogP contribution >= 0.6 is 0 Å². The van der Waals surface area contributed by atoms with E-state index in [2.05, 4.69) is 15.4 Å². The van der Waals surface area contributed by atoms with Gasteiger partial charge >= 0.3 is 0 Å². The molecule has 0 saturated carbocycles. The molecule has 102 valence electrons. The fourth-order valence-electron chi connectivity index (χ4n) is 2.16. The largest absolute Gasteiger partial charge is 0.361 e. The Morgan fingerprint density at radius 3 is 3.10 bits per heavy atom. The maximum absolute atomic E-state index is 13.3. The molecule has 2 heterocycles. The van der Waals surface area contributed by atoms with Gasteiger partial charge in [0.2, 0.25) is 5.91 Å². The monoisotopic (exact) mass is 272 g/mol. The fourth-order valence-corrected chi connectivity index (χ4v) is 2.16. The number of hydrogen-bond donors (Lipinski definition) is 2. The summed E-state index contributed by atoms with van der Waals surface area (Å²) in [5.41, 5.74) is 2.22. The van der Waals surface area contributed by atoms with Crippen LogP contribution in [0.3, 0.4) is 0 Å². The number of aromatic amines is 1. The number of halogens is 1. The number of nitrogens with zero attached hydrogens (tertiary/aromatic N) is 2. The number of fused-ring (bicyclic) bond motifs is 1. The second-order valence-corrected chi connectivity index (χ2v) is 4.63. The van der Waals surface area contributed by atoms with E-state index >= 15 is 0 Å². The third-order valence-electron chi connectivity index (χ3n) is 3.07. The number of benzene rings is 1. The highest BCUT2D eigenvalue weighted by atomic mass is 19.1. The lowest BCUT2D eigenvalue weighted by molar-refractivity contribution is -0.115. The highest BCUT2D eigenvalue weighted by molar-refractivity contribution is 5.95. The molecule has 0 unspecified atom stereocenters. The summed E-state index contributed by atoms with van der Waals surface area (Å²) in [5.74, 6) is -0.478. The summed E-state index contributed by atoms with van der Waals surface area (Å²) in [5, 5.41) is 7.45. The smallest absolute Gasteiger partial charge is 0.228 e. The fraction of sp³-hybridized carbons (Fsp3) is 0.143. The summed E-state index contributed by atoms with van der Waals surface area (Å²) < 4.78 is 14.9. The average Bonchev–Trinajstić information content (AvgIpc) is 2.97. The van der Waals surface area contributed by atoms with Gasteiger partial charge in [-0.05, 0) is 23.8 Å². The number of nitrogens with one attached hydrogen (secondary N) is 2. The van der Waals surface area contributed by atoms with E-state index in [9.17, 15) is 9.18 Å². The molecule has 0 radical (unpaired) electrons. The van der Waals surface area contributed by atoms with E-state index in [-0.39, 0.29) is 18.1 Å². The molecule has 1 aromatic carbocycles. The van der Waals surface area contributed by atoms with E-state index in [1.807, 2.05) is 0 Å². The molecule has 1 amide bonds. The van der Waals surface area contributed by atoms with E-state index in [0.29, 0.717) is 5.69 Å². The van der Waals surface area contributed by atoms with Crippen LogP contribution in [0.15, 0.2) is 36.8 Å². The Hall–Kier alpha value is -2.63. The molecule has 0 aliphatic rings. The molecule has 0 atom stereocenters. The topological polar surface area (TPSA) is 62.7 Å². The first-order chi connectivity index (χ1) is 9.61. The molecule has 0 saturated heterocycles. The molecule has 2 N–H and O–H groups in total. The van der Waals surface area contributed by atoms with Gasteiger partial charge in [0.1, 0.15) is 5.82 Å². The van der Waals surface area contributed by atoms with Crippen molar-refractivity contribution in [1.82, 2.24) is 14.8 Å². The van der Waals surface area contributed by atoms with Crippen LogP contribution in [-0.4, -0.2) is 20.7 Å². The number of anilines is 1. The van der Waals surface area contributed by atoms with Gasteiger partial charge in [0.05, 0.1) is 18.3 Å². The molecule has 6 heteroatoms. The number of hydrogen-bond acceptors (Lipinski definition) is 2. The lowest BCUT2D eigenvalue weighted by atomic mass is 10.1. The van der Waals surface area contributed by atoms with Gasteiger partial charge < -0.3 is 10.3 Å². The Bertz CT molecular complexity index is 774. The lowest BCUT2D eigenvalue weighted by Gasteiger charge is -2.01. The summed E-state index contributed by atoms with van der Waals surface area (Å²) in [7, 11) is 1.78. The number of aryl methyl sites for hydroxylation is 1. The number of amides is 1. The third-order valence-corrected chi connectivity index (χ3v) is 3.07. The first kappa shape index (κ1) is 12.4. The summed E-state index contributed by atoms with van der Waals surface area (Å²) in [4.78, 5) is 15.0. The van der Waals surface area contributed by atoms with E-state index in [1.165, 1.54) is 12.1 Å². The van der Waals surface area contributed by atoms with E-state index in [1.54, 1.807) is 36.4 Å². The van der Waals surface area contributed by atoms with Crippen LogP contribution in [0.25, 0.3) is 10.9 Å². The molecule has 0 spiro atoms. The Morgan fingerprint density at radius 2 is 2.35 bits per heavy atom. The summed E-state index contributed by atoms with van der Waals surface area (Å²) in [6.07, 6.45) is 5.20. The van der Waals surface area contributed by atoms with Crippen LogP contribution < -0.4 is 5.32 Å². The average molecular weight is 272 g/mol. The van der Waals surface area contributed by atoms with Crippen LogP contribution in [0.2, 0.25) is 0 Å². The Labute approximate surface area is 114 Å². The van der Waals surface area contributed by atoms with Crippen LogP contribution in [-0.2, 0) is 18.3 Å². The van der Waals surface area contributed by atoms with Gasteiger partial charge in [-0.15, -0.1) is 0 Å². The molecule has 3 aromatic rings. The van der Waals surface area contributed by atoms with Crippen LogP contribution in [0.4, 0.5) is 10.1 Å². The van der Waals surface area contributed by atoms with Crippen LogP contribution in [0, 0.1) is 5.82 Å². The summed E-state index contributed by atoms with van der Waals surface area (Å²) >= 11 is 0. The minimum absolute atomic E-state index is 0.164. The van der Waals surface area contributed by atoms with Crippen molar-refractivity contribution in [3.05, 3.63) is 48.2 Å². The molecule has 3 rings (SSSR count). The maximum Gasteiger partial charge on any atom is 0.228 e. The number of rotatable bonds is 3. The van der Waals surface area contributed by atoms with E-state index < -0.39 is 0 Å². The lowest BCUT2D eigenvalue weighted by Crippen LogP contribution is -2.13. The quantitative estimate of drug-likeness (QED) is 0.768.